The topological polar surface area (TPSA) is 70.8 Å². The van der Waals surface area contributed by atoms with E-state index in [-0.39, 0.29) is 5.92 Å². The third-order valence-electron chi connectivity index (χ3n) is 5.38. The third kappa shape index (κ3) is 4.15. The molecule has 0 saturated carbocycles. The summed E-state index contributed by atoms with van der Waals surface area (Å²) in [6.45, 7) is 4.30. The normalized spacial score (nSPS) is 21.4. The van der Waals surface area contributed by atoms with Crippen LogP contribution in [0.3, 0.4) is 0 Å². The monoisotopic (exact) mass is 407 g/mol. The van der Waals surface area contributed by atoms with Crippen LogP contribution in [-0.2, 0) is 25.4 Å². The zero-order chi connectivity index (χ0) is 21.1. The van der Waals surface area contributed by atoms with Gasteiger partial charge < -0.3 is 18.6 Å². The van der Waals surface area contributed by atoms with Gasteiger partial charge >= 0.3 is 5.97 Å². The van der Waals surface area contributed by atoms with E-state index >= 15 is 0 Å². The Balaban J connectivity index is 1.47. The number of nitrogens with zero attached hydrogens (tertiary/aromatic N) is 1. The lowest BCUT2D eigenvalue weighted by atomic mass is 9.96. The van der Waals surface area contributed by atoms with Crippen LogP contribution in [0, 0.1) is 6.92 Å². The number of hydrogen-bond acceptors (Lipinski definition) is 6. The molecule has 1 aromatic heterocycles. The van der Waals surface area contributed by atoms with Gasteiger partial charge in [-0.3, -0.25) is 0 Å². The van der Waals surface area contributed by atoms with Crippen molar-refractivity contribution in [3.8, 4) is 11.5 Å². The van der Waals surface area contributed by atoms with E-state index in [2.05, 4.69) is 12.1 Å². The maximum absolute atomic E-state index is 11.8. The van der Waals surface area contributed by atoms with Crippen molar-refractivity contribution in [1.82, 2.24) is 4.98 Å². The molecule has 0 bridgehead atoms. The molecule has 4 rings (SSSR count). The van der Waals surface area contributed by atoms with Gasteiger partial charge in [-0.1, -0.05) is 42.5 Å². The average Bonchev–Trinajstić information content (AvgIpc) is 3.14. The number of benzene rings is 2. The van der Waals surface area contributed by atoms with Crippen molar-refractivity contribution in [3.63, 3.8) is 0 Å². The molecule has 30 heavy (non-hydrogen) atoms. The number of carbonyl (C=O) groups excluding carboxylic acids is 1. The first-order valence-electron chi connectivity index (χ1n) is 9.95. The second-order valence-corrected chi connectivity index (χ2v) is 7.57. The zero-order valence-electron chi connectivity index (χ0n) is 17.4. The van der Waals surface area contributed by atoms with Crippen molar-refractivity contribution >= 4 is 5.97 Å². The summed E-state index contributed by atoms with van der Waals surface area (Å²) in [6.07, 6.45) is 0.671. The molecular weight excluding hydrogens is 382 g/mol. The number of carbonyl (C=O) groups is 1. The van der Waals surface area contributed by atoms with E-state index in [0.717, 1.165) is 28.1 Å². The summed E-state index contributed by atoms with van der Waals surface area (Å²) in [5.74, 6) is -0.367. The molecule has 0 aliphatic carbocycles. The molecule has 0 amide bonds. The fraction of sp³-hybridized carbons (Fsp3) is 0.333. The fourth-order valence-electron chi connectivity index (χ4n) is 3.55. The first kappa shape index (κ1) is 20.3. The smallest absolute Gasteiger partial charge is 0.366 e. The van der Waals surface area contributed by atoms with Gasteiger partial charge in [0.05, 0.1) is 26.0 Å². The van der Waals surface area contributed by atoms with Crippen LogP contribution in [0.2, 0.25) is 0 Å². The number of rotatable bonds is 5. The van der Waals surface area contributed by atoms with Crippen LogP contribution in [0.1, 0.15) is 35.4 Å². The molecule has 1 aliphatic rings. The minimum atomic E-state index is -1.34. The van der Waals surface area contributed by atoms with Crippen molar-refractivity contribution < 1.29 is 23.4 Å². The van der Waals surface area contributed by atoms with Crippen molar-refractivity contribution in [2.45, 2.75) is 32.0 Å². The highest BCUT2D eigenvalue weighted by Gasteiger charge is 2.41. The molecule has 0 spiro atoms. The van der Waals surface area contributed by atoms with Gasteiger partial charge in [-0.2, -0.15) is 0 Å². The quantitative estimate of drug-likeness (QED) is 0.589. The standard InChI is InChI=1S/C24H25NO5/c1-16-21(25-22(30-16)18-9-5-4-6-10-18)13-17-8-7-11-19(12-17)20-14-28-24(2,29-15-20)23(26)27-3/h4-12,20H,13-15H2,1-3H3. The summed E-state index contributed by atoms with van der Waals surface area (Å²) in [6, 6.07) is 18.2. The van der Waals surface area contributed by atoms with Gasteiger partial charge in [0.25, 0.3) is 5.79 Å². The molecule has 1 saturated heterocycles. The molecule has 2 aromatic carbocycles. The number of hydrogen-bond donors (Lipinski definition) is 0. The molecule has 1 fully saturated rings. The Morgan fingerprint density at radius 3 is 2.57 bits per heavy atom. The fourth-order valence-corrected chi connectivity index (χ4v) is 3.55. The highest BCUT2D eigenvalue weighted by atomic mass is 16.7. The highest BCUT2D eigenvalue weighted by molar-refractivity contribution is 5.77. The van der Waals surface area contributed by atoms with Gasteiger partial charge in [0.15, 0.2) is 0 Å². The molecule has 2 heterocycles. The molecule has 0 unspecified atom stereocenters. The molecule has 6 heteroatoms. The number of esters is 1. The highest BCUT2D eigenvalue weighted by Crippen LogP contribution is 2.30. The third-order valence-corrected chi connectivity index (χ3v) is 5.38. The van der Waals surface area contributed by atoms with E-state index < -0.39 is 11.8 Å². The van der Waals surface area contributed by atoms with Crippen molar-refractivity contribution in [3.05, 3.63) is 77.2 Å². The Kier molecular flexibility index (Phi) is 5.70. The van der Waals surface area contributed by atoms with Gasteiger partial charge in [0.2, 0.25) is 5.89 Å². The zero-order valence-corrected chi connectivity index (χ0v) is 17.4. The van der Waals surface area contributed by atoms with E-state index in [0.29, 0.717) is 25.5 Å². The Morgan fingerprint density at radius 2 is 1.87 bits per heavy atom. The molecule has 0 N–H and O–H groups in total. The van der Waals surface area contributed by atoms with Crippen LogP contribution in [0.5, 0.6) is 0 Å². The van der Waals surface area contributed by atoms with E-state index in [4.69, 9.17) is 23.6 Å². The number of aryl methyl sites for hydroxylation is 1. The van der Waals surface area contributed by atoms with Crippen LogP contribution < -0.4 is 0 Å². The van der Waals surface area contributed by atoms with Crippen molar-refractivity contribution in [2.75, 3.05) is 20.3 Å². The summed E-state index contributed by atoms with van der Waals surface area (Å²) in [5, 5.41) is 0. The molecule has 1 aliphatic heterocycles. The van der Waals surface area contributed by atoms with Crippen LogP contribution in [-0.4, -0.2) is 37.1 Å². The summed E-state index contributed by atoms with van der Waals surface area (Å²) >= 11 is 0. The first-order valence-corrected chi connectivity index (χ1v) is 9.95. The van der Waals surface area contributed by atoms with E-state index in [1.165, 1.54) is 7.11 Å². The summed E-state index contributed by atoms with van der Waals surface area (Å²) < 4.78 is 22.0. The summed E-state index contributed by atoms with van der Waals surface area (Å²) in [4.78, 5) is 16.5. The van der Waals surface area contributed by atoms with Crippen LogP contribution in [0.15, 0.2) is 59.0 Å². The second kappa shape index (κ2) is 8.42. The van der Waals surface area contributed by atoms with Crippen molar-refractivity contribution in [2.24, 2.45) is 0 Å². The number of oxazole rings is 1. The Bertz CT molecular complexity index is 1020. The lowest BCUT2D eigenvalue weighted by Crippen LogP contribution is -2.47. The number of methoxy groups -OCH3 is 1. The van der Waals surface area contributed by atoms with Gasteiger partial charge in [-0.25, -0.2) is 9.78 Å². The summed E-state index contributed by atoms with van der Waals surface area (Å²) in [5.41, 5.74) is 4.11. The SMILES string of the molecule is COC(=O)C1(C)OCC(c2cccc(Cc3nc(-c4ccccc4)oc3C)c2)CO1. The molecule has 156 valence electrons. The molecule has 3 aromatic rings. The predicted molar refractivity (Wildman–Crippen MR) is 111 cm³/mol. The second-order valence-electron chi connectivity index (χ2n) is 7.57. The maximum atomic E-state index is 11.8. The van der Waals surface area contributed by atoms with Gasteiger partial charge in [0.1, 0.15) is 5.76 Å². The number of ether oxygens (including phenoxy) is 3. The first-order chi connectivity index (χ1) is 14.5. The molecular formula is C24H25NO5. The summed E-state index contributed by atoms with van der Waals surface area (Å²) in [7, 11) is 1.32. The Hall–Kier alpha value is -2.96. The van der Waals surface area contributed by atoms with Crippen LogP contribution in [0.4, 0.5) is 0 Å². The van der Waals surface area contributed by atoms with E-state index in [1.54, 1.807) is 6.92 Å². The average molecular weight is 407 g/mol. The van der Waals surface area contributed by atoms with E-state index in [9.17, 15) is 4.79 Å². The Morgan fingerprint density at radius 1 is 1.13 bits per heavy atom. The lowest BCUT2D eigenvalue weighted by molar-refractivity contribution is -0.264. The molecule has 0 radical (unpaired) electrons. The Labute approximate surface area is 175 Å². The largest absolute Gasteiger partial charge is 0.465 e. The van der Waals surface area contributed by atoms with Gasteiger partial charge in [-0.05, 0) is 30.2 Å². The molecule has 0 atom stereocenters. The maximum Gasteiger partial charge on any atom is 0.366 e. The number of aromatic nitrogens is 1. The molecule has 6 nitrogen and oxygen atoms in total. The van der Waals surface area contributed by atoms with Gasteiger partial charge in [-0.15, -0.1) is 0 Å². The van der Waals surface area contributed by atoms with Gasteiger partial charge in [0, 0.05) is 24.8 Å². The minimum absolute atomic E-state index is 0.0426. The van der Waals surface area contributed by atoms with Crippen LogP contribution in [0.25, 0.3) is 11.5 Å². The minimum Gasteiger partial charge on any atom is -0.465 e. The van der Waals surface area contributed by atoms with Crippen LogP contribution >= 0.6 is 0 Å². The van der Waals surface area contributed by atoms with E-state index in [1.807, 2.05) is 49.4 Å². The van der Waals surface area contributed by atoms with Crippen molar-refractivity contribution in [1.29, 1.82) is 0 Å². The lowest BCUT2D eigenvalue weighted by Gasteiger charge is -2.35. The predicted octanol–water partition coefficient (Wildman–Crippen LogP) is 4.26.